The zero-order valence-corrected chi connectivity index (χ0v) is 14.4. The number of methoxy groups -OCH3 is 1. The van der Waals surface area contributed by atoms with Crippen molar-refractivity contribution in [3.05, 3.63) is 34.9 Å². The number of likely N-dealkylation sites (tertiary alicyclic amines) is 1. The minimum atomic E-state index is -0.530. The predicted molar refractivity (Wildman–Crippen MR) is 89.4 cm³/mol. The van der Waals surface area contributed by atoms with Crippen molar-refractivity contribution in [2.75, 3.05) is 27.2 Å². The molecular formula is C17H23ClN2O3. The van der Waals surface area contributed by atoms with Gasteiger partial charge in [0.05, 0.1) is 25.5 Å². The minimum Gasteiger partial charge on any atom is -0.469 e. The first-order valence-corrected chi connectivity index (χ1v) is 8.12. The average molecular weight is 339 g/mol. The number of hydrogen-bond donors (Lipinski definition) is 1. The summed E-state index contributed by atoms with van der Waals surface area (Å²) in [4.78, 5) is 26.4. The highest BCUT2D eigenvalue weighted by Crippen LogP contribution is 2.26. The van der Waals surface area contributed by atoms with Crippen LogP contribution in [0.25, 0.3) is 0 Å². The Morgan fingerprint density at radius 1 is 1.30 bits per heavy atom. The van der Waals surface area contributed by atoms with Crippen LogP contribution in [0.4, 0.5) is 0 Å². The van der Waals surface area contributed by atoms with Gasteiger partial charge in [-0.15, -0.1) is 0 Å². The summed E-state index contributed by atoms with van der Waals surface area (Å²) < 4.78 is 4.80. The van der Waals surface area contributed by atoms with Crippen molar-refractivity contribution in [1.29, 1.82) is 0 Å². The Bertz CT molecular complexity index is 569. The standard InChI is InChI=1S/C17H23ClN2O3/c1-20-9-7-17(8-10-20,12-16(22)23-2)19-15(21)11-13-5-3-4-6-14(13)18/h3-6H,7-12H2,1-2H3,(H,19,21). The van der Waals surface area contributed by atoms with Crippen LogP contribution in [0.1, 0.15) is 24.8 Å². The fourth-order valence-corrected chi connectivity index (χ4v) is 3.10. The molecule has 0 bridgehead atoms. The second-order valence-corrected chi connectivity index (χ2v) is 6.56. The largest absolute Gasteiger partial charge is 0.469 e. The lowest BCUT2D eigenvalue weighted by atomic mass is 9.84. The van der Waals surface area contributed by atoms with E-state index in [9.17, 15) is 9.59 Å². The number of esters is 1. The van der Waals surface area contributed by atoms with Gasteiger partial charge in [0.1, 0.15) is 0 Å². The third kappa shape index (κ3) is 4.94. The van der Waals surface area contributed by atoms with Crippen molar-refractivity contribution >= 4 is 23.5 Å². The lowest BCUT2D eigenvalue weighted by molar-refractivity contribution is -0.143. The van der Waals surface area contributed by atoms with E-state index in [1.165, 1.54) is 7.11 Å². The predicted octanol–water partition coefficient (Wildman–Crippen LogP) is 2.03. The maximum absolute atomic E-state index is 12.5. The Balaban J connectivity index is 2.06. The van der Waals surface area contributed by atoms with Gasteiger partial charge in [-0.2, -0.15) is 0 Å². The molecule has 1 aliphatic heterocycles. The Kier molecular flexibility index (Phi) is 6.02. The van der Waals surface area contributed by atoms with E-state index >= 15 is 0 Å². The number of carbonyl (C=O) groups is 2. The lowest BCUT2D eigenvalue weighted by Gasteiger charge is -2.40. The third-order valence-corrected chi connectivity index (χ3v) is 4.74. The topological polar surface area (TPSA) is 58.6 Å². The van der Waals surface area contributed by atoms with Crippen LogP contribution in [0.15, 0.2) is 24.3 Å². The van der Waals surface area contributed by atoms with E-state index in [1.807, 2.05) is 25.2 Å². The van der Waals surface area contributed by atoms with E-state index in [0.717, 1.165) is 31.5 Å². The third-order valence-electron chi connectivity index (χ3n) is 4.37. The molecule has 0 spiro atoms. The van der Waals surface area contributed by atoms with Crippen LogP contribution in [-0.2, 0) is 20.7 Å². The van der Waals surface area contributed by atoms with E-state index in [4.69, 9.17) is 16.3 Å². The minimum absolute atomic E-state index is 0.119. The first-order valence-electron chi connectivity index (χ1n) is 7.74. The quantitative estimate of drug-likeness (QED) is 0.835. The van der Waals surface area contributed by atoms with E-state index in [1.54, 1.807) is 6.07 Å². The monoisotopic (exact) mass is 338 g/mol. The Hall–Kier alpha value is -1.59. The molecule has 6 heteroatoms. The smallest absolute Gasteiger partial charge is 0.307 e. The van der Waals surface area contributed by atoms with Crippen LogP contribution in [0.3, 0.4) is 0 Å². The molecule has 5 nitrogen and oxygen atoms in total. The highest BCUT2D eigenvalue weighted by Gasteiger charge is 2.37. The normalized spacial score (nSPS) is 17.5. The molecule has 1 fully saturated rings. The van der Waals surface area contributed by atoms with Crippen LogP contribution in [0, 0.1) is 0 Å². The number of rotatable bonds is 5. The summed E-state index contributed by atoms with van der Waals surface area (Å²) in [6.45, 7) is 1.67. The van der Waals surface area contributed by atoms with E-state index in [-0.39, 0.29) is 24.7 Å². The van der Waals surface area contributed by atoms with Crippen LogP contribution in [0.5, 0.6) is 0 Å². The van der Waals surface area contributed by atoms with E-state index in [2.05, 4.69) is 10.2 Å². The fourth-order valence-electron chi connectivity index (χ4n) is 2.90. The summed E-state index contributed by atoms with van der Waals surface area (Å²) in [5.41, 5.74) is 0.255. The highest BCUT2D eigenvalue weighted by atomic mass is 35.5. The molecule has 0 radical (unpaired) electrons. The first kappa shape index (κ1) is 17.8. The molecule has 0 saturated carbocycles. The van der Waals surface area contributed by atoms with Gasteiger partial charge in [-0.3, -0.25) is 9.59 Å². The second-order valence-electron chi connectivity index (χ2n) is 6.15. The summed E-state index contributed by atoms with van der Waals surface area (Å²) in [5.74, 6) is -0.417. The van der Waals surface area contributed by atoms with Gasteiger partial charge < -0.3 is 15.0 Å². The number of nitrogens with zero attached hydrogens (tertiary/aromatic N) is 1. The molecule has 0 aliphatic carbocycles. The average Bonchev–Trinajstić information content (AvgIpc) is 2.52. The van der Waals surface area contributed by atoms with E-state index in [0.29, 0.717) is 5.02 Å². The Morgan fingerprint density at radius 3 is 2.57 bits per heavy atom. The van der Waals surface area contributed by atoms with Gasteiger partial charge in [0.25, 0.3) is 0 Å². The Labute approximate surface area is 141 Å². The summed E-state index contributed by atoms with van der Waals surface area (Å²) in [5, 5.41) is 3.65. The molecule has 0 unspecified atom stereocenters. The van der Waals surface area contributed by atoms with Crippen LogP contribution in [-0.4, -0.2) is 49.6 Å². The van der Waals surface area contributed by atoms with E-state index < -0.39 is 5.54 Å². The van der Waals surface area contributed by atoms with Crippen molar-refractivity contribution in [1.82, 2.24) is 10.2 Å². The van der Waals surface area contributed by atoms with Crippen LogP contribution >= 0.6 is 11.6 Å². The van der Waals surface area contributed by atoms with Gasteiger partial charge in [-0.05, 0) is 31.5 Å². The number of amides is 1. The van der Waals surface area contributed by atoms with Crippen molar-refractivity contribution < 1.29 is 14.3 Å². The van der Waals surface area contributed by atoms with Gasteiger partial charge in [-0.25, -0.2) is 0 Å². The first-order chi connectivity index (χ1) is 10.9. The number of hydrogen-bond acceptors (Lipinski definition) is 4. The zero-order chi connectivity index (χ0) is 16.9. The number of halogens is 1. The molecule has 126 valence electrons. The molecule has 1 saturated heterocycles. The van der Waals surface area contributed by atoms with Gasteiger partial charge in [-0.1, -0.05) is 29.8 Å². The number of ether oxygens (including phenoxy) is 1. The molecule has 1 aromatic carbocycles. The summed E-state index contributed by atoms with van der Waals surface area (Å²) in [6.07, 6.45) is 1.86. The van der Waals surface area contributed by atoms with Gasteiger partial charge >= 0.3 is 5.97 Å². The van der Waals surface area contributed by atoms with Crippen LogP contribution in [0.2, 0.25) is 5.02 Å². The zero-order valence-electron chi connectivity index (χ0n) is 13.6. The maximum Gasteiger partial charge on any atom is 0.307 e. The molecule has 1 aliphatic rings. The van der Waals surface area contributed by atoms with Crippen molar-refractivity contribution in [3.63, 3.8) is 0 Å². The van der Waals surface area contributed by atoms with Crippen molar-refractivity contribution in [3.8, 4) is 0 Å². The number of piperidine rings is 1. The molecular weight excluding hydrogens is 316 g/mol. The molecule has 1 aromatic rings. The second kappa shape index (κ2) is 7.79. The maximum atomic E-state index is 12.5. The van der Waals surface area contributed by atoms with Gasteiger partial charge in [0, 0.05) is 18.1 Å². The van der Waals surface area contributed by atoms with Crippen molar-refractivity contribution in [2.45, 2.75) is 31.2 Å². The summed E-state index contributed by atoms with van der Waals surface area (Å²) in [6, 6.07) is 7.29. The van der Waals surface area contributed by atoms with Gasteiger partial charge in [0.15, 0.2) is 0 Å². The molecule has 23 heavy (non-hydrogen) atoms. The number of benzene rings is 1. The summed E-state index contributed by atoms with van der Waals surface area (Å²) >= 11 is 6.11. The number of carbonyl (C=O) groups excluding carboxylic acids is 2. The SMILES string of the molecule is COC(=O)CC1(NC(=O)Cc2ccccc2Cl)CCN(C)CC1. The molecule has 1 amide bonds. The van der Waals surface area contributed by atoms with Crippen LogP contribution < -0.4 is 5.32 Å². The summed E-state index contributed by atoms with van der Waals surface area (Å²) in [7, 11) is 3.41. The highest BCUT2D eigenvalue weighted by molar-refractivity contribution is 6.31. The molecule has 1 N–H and O–H groups in total. The van der Waals surface area contributed by atoms with Crippen molar-refractivity contribution in [2.24, 2.45) is 0 Å². The Morgan fingerprint density at radius 2 is 1.96 bits per heavy atom. The molecule has 0 aromatic heterocycles. The van der Waals surface area contributed by atoms with Gasteiger partial charge in [0.2, 0.25) is 5.91 Å². The lowest BCUT2D eigenvalue weighted by Crippen LogP contribution is -2.56. The molecule has 1 heterocycles. The molecule has 0 atom stereocenters. The number of nitrogens with one attached hydrogen (secondary N) is 1. The molecule has 2 rings (SSSR count). The fraction of sp³-hybridized carbons (Fsp3) is 0.529.